The van der Waals surface area contributed by atoms with Crippen LogP contribution in [0.25, 0.3) is 16.2 Å². The van der Waals surface area contributed by atoms with Gasteiger partial charge in [0.15, 0.2) is 0 Å². The topological polar surface area (TPSA) is 65.4 Å². The van der Waals surface area contributed by atoms with Gasteiger partial charge < -0.3 is 10.5 Å². The fraction of sp³-hybridized carbons (Fsp3) is 0.333. The normalized spacial score (nSPS) is 13.0. The zero-order chi connectivity index (χ0) is 15.0. The SMILES string of the molecule is COCc1nn2c(C)c(-c3ccc(C(C)N)cc3)nc2s1. The number of hydrogen-bond donors (Lipinski definition) is 1. The Hall–Kier alpha value is -1.76. The van der Waals surface area contributed by atoms with E-state index in [9.17, 15) is 0 Å². The van der Waals surface area contributed by atoms with Gasteiger partial charge in [-0.3, -0.25) is 0 Å². The van der Waals surface area contributed by atoms with E-state index in [0.717, 1.165) is 32.5 Å². The van der Waals surface area contributed by atoms with Crippen molar-refractivity contribution in [1.29, 1.82) is 0 Å². The molecule has 0 bridgehead atoms. The van der Waals surface area contributed by atoms with Crippen LogP contribution in [0, 0.1) is 6.92 Å². The Kier molecular flexibility index (Phi) is 3.75. The highest BCUT2D eigenvalue weighted by atomic mass is 32.1. The van der Waals surface area contributed by atoms with Gasteiger partial charge in [0.2, 0.25) is 4.96 Å². The summed E-state index contributed by atoms with van der Waals surface area (Å²) in [4.78, 5) is 5.59. The third-order valence-electron chi connectivity index (χ3n) is 3.45. The number of fused-ring (bicyclic) bond motifs is 1. The van der Waals surface area contributed by atoms with Crippen LogP contribution in [0.2, 0.25) is 0 Å². The fourth-order valence-corrected chi connectivity index (χ4v) is 3.20. The zero-order valence-corrected chi connectivity index (χ0v) is 13.1. The minimum atomic E-state index is 0.0453. The second-order valence-electron chi connectivity index (χ2n) is 5.08. The molecule has 0 amide bonds. The largest absolute Gasteiger partial charge is 0.377 e. The number of aromatic nitrogens is 3. The van der Waals surface area contributed by atoms with Gasteiger partial charge in [-0.05, 0) is 19.4 Å². The van der Waals surface area contributed by atoms with Crippen molar-refractivity contribution in [2.24, 2.45) is 5.73 Å². The molecule has 2 aromatic heterocycles. The second kappa shape index (κ2) is 5.55. The molecule has 1 aromatic carbocycles. The molecular formula is C15H18N4OS. The van der Waals surface area contributed by atoms with Gasteiger partial charge >= 0.3 is 0 Å². The van der Waals surface area contributed by atoms with Crippen molar-refractivity contribution in [2.45, 2.75) is 26.5 Å². The number of methoxy groups -OCH3 is 1. The van der Waals surface area contributed by atoms with Crippen LogP contribution in [-0.4, -0.2) is 21.7 Å². The average Bonchev–Trinajstić information content (AvgIpc) is 2.99. The third-order valence-corrected chi connectivity index (χ3v) is 4.33. The van der Waals surface area contributed by atoms with E-state index in [0.29, 0.717) is 6.61 Å². The Balaban J connectivity index is 2.00. The first-order valence-electron chi connectivity index (χ1n) is 6.80. The van der Waals surface area contributed by atoms with Crippen molar-refractivity contribution < 1.29 is 4.74 Å². The summed E-state index contributed by atoms with van der Waals surface area (Å²) in [6.07, 6.45) is 0. The molecule has 0 saturated carbocycles. The molecule has 21 heavy (non-hydrogen) atoms. The Bertz CT molecular complexity index is 758. The van der Waals surface area contributed by atoms with Gasteiger partial charge in [0.05, 0.1) is 18.0 Å². The molecule has 1 atom stereocenters. The molecule has 0 aliphatic heterocycles. The molecule has 3 aromatic rings. The molecule has 0 radical (unpaired) electrons. The van der Waals surface area contributed by atoms with E-state index in [2.05, 4.69) is 29.4 Å². The lowest BCUT2D eigenvalue weighted by atomic mass is 10.0. The maximum atomic E-state index is 5.88. The molecule has 2 N–H and O–H groups in total. The zero-order valence-electron chi connectivity index (χ0n) is 12.3. The van der Waals surface area contributed by atoms with E-state index in [4.69, 9.17) is 15.5 Å². The molecule has 2 heterocycles. The monoisotopic (exact) mass is 302 g/mol. The van der Waals surface area contributed by atoms with Crippen LogP contribution in [0.1, 0.15) is 29.2 Å². The molecule has 5 nitrogen and oxygen atoms in total. The lowest BCUT2D eigenvalue weighted by Crippen LogP contribution is -2.04. The molecule has 0 fully saturated rings. The van der Waals surface area contributed by atoms with Crippen molar-refractivity contribution in [2.75, 3.05) is 7.11 Å². The van der Waals surface area contributed by atoms with E-state index in [1.54, 1.807) is 18.4 Å². The number of aryl methyl sites for hydroxylation is 1. The average molecular weight is 302 g/mol. The van der Waals surface area contributed by atoms with Crippen LogP contribution in [-0.2, 0) is 11.3 Å². The predicted molar refractivity (Wildman–Crippen MR) is 84.4 cm³/mol. The summed E-state index contributed by atoms with van der Waals surface area (Å²) < 4.78 is 6.99. The molecule has 0 spiro atoms. The van der Waals surface area contributed by atoms with Crippen LogP contribution in [0.15, 0.2) is 24.3 Å². The third kappa shape index (κ3) is 2.57. The van der Waals surface area contributed by atoms with Crippen molar-refractivity contribution in [1.82, 2.24) is 14.6 Å². The minimum Gasteiger partial charge on any atom is -0.377 e. The van der Waals surface area contributed by atoms with E-state index in [1.165, 1.54) is 0 Å². The smallest absolute Gasteiger partial charge is 0.213 e. The van der Waals surface area contributed by atoms with Crippen LogP contribution in [0.4, 0.5) is 0 Å². The summed E-state index contributed by atoms with van der Waals surface area (Å²) >= 11 is 1.56. The standard InChI is InChI=1S/C15H18N4OS/c1-9(16)11-4-6-12(7-5-11)14-10(2)19-15(17-14)21-13(18-19)8-20-3/h4-7,9H,8,16H2,1-3H3. The summed E-state index contributed by atoms with van der Waals surface area (Å²) in [6.45, 7) is 4.53. The molecule has 3 rings (SSSR count). The molecule has 0 aliphatic carbocycles. The molecular weight excluding hydrogens is 284 g/mol. The Morgan fingerprint density at radius 3 is 2.62 bits per heavy atom. The first-order chi connectivity index (χ1) is 10.1. The van der Waals surface area contributed by atoms with Crippen LogP contribution in [0.3, 0.4) is 0 Å². The highest BCUT2D eigenvalue weighted by Crippen LogP contribution is 2.27. The van der Waals surface area contributed by atoms with E-state index < -0.39 is 0 Å². The van der Waals surface area contributed by atoms with Gasteiger partial charge in [-0.15, -0.1) is 0 Å². The van der Waals surface area contributed by atoms with Crippen molar-refractivity contribution in [3.8, 4) is 11.3 Å². The minimum absolute atomic E-state index is 0.0453. The summed E-state index contributed by atoms with van der Waals surface area (Å²) in [6, 6.07) is 8.28. The molecule has 0 saturated heterocycles. The number of imidazole rings is 1. The van der Waals surface area contributed by atoms with Gasteiger partial charge in [0.25, 0.3) is 0 Å². The highest BCUT2D eigenvalue weighted by Gasteiger charge is 2.14. The lowest BCUT2D eigenvalue weighted by molar-refractivity contribution is 0.183. The van der Waals surface area contributed by atoms with Gasteiger partial charge in [0, 0.05) is 18.7 Å². The second-order valence-corrected chi connectivity index (χ2v) is 6.12. The summed E-state index contributed by atoms with van der Waals surface area (Å²) in [5.74, 6) is 0. The van der Waals surface area contributed by atoms with Crippen molar-refractivity contribution in [3.05, 3.63) is 40.5 Å². The maximum absolute atomic E-state index is 5.88. The first-order valence-corrected chi connectivity index (χ1v) is 7.61. The number of nitrogens with two attached hydrogens (primary N) is 1. The van der Waals surface area contributed by atoms with Crippen molar-refractivity contribution >= 4 is 16.3 Å². The summed E-state index contributed by atoms with van der Waals surface area (Å²) in [5, 5.41) is 5.45. The van der Waals surface area contributed by atoms with E-state index in [-0.39, 0.29) is 6.04 Å². The van der Waals surface area contributed by atoms with Gasteiger partial charge in [-0.1, -0.05) is 35.6 Å². The Morgan fingerprint density at radius 1 is 1.33 bits per heavy atom. The lowest BCUT2D eigenvalue weighted by Gasteiger charge is -2.06. The first kappa shape index (κ1) is 14.2. The Labute approximate surface area is 127 Å². The fourth-order valence-electron chi connectivity index (χ4n) is 2.29. The molecule has 6 heteroatoms. The highest BCUT2D eigenvalue weighted by molar-refractivity contribution is 7.16. The summed E-state index contributed by atoms with van der Waals surface area (Å²) in [7, 11) is 1.67. The van der Waals surface area contributed by atoms with E-state index in [1.807, 2.05) is 18.4 Å². The van der Waals surface area contributed by atoms with Crippen LogP contribution >= 0.6 is 11.3 Å². The van der Waals surface area contributed by atoms with Crippen LogP contribution < -0.4 is 5.73 Å². The number of rotatable bonds is 4. The number of ether oxygens (including phenoxy) is 1. The number of benzene rings is 1. The summed E-state index contributed by atoms with van der Waals surface area (Å²) in [5.41, 5.74) is 10.1. The maximum Gasteiger partial charge on any atom is 0.213 e. The molecule has 110 valence electrons. The molecule has 1 unspecified atom stereocenters. The van der Waals surface area contributed by atoms with Gasteiger partial charge in [0.1, 0.15) is 5.01 Å². The number of hydrogen-bond acceptors (Lipinski definition) is 5. The van der Waals surface area contributed by atoms with Gasteiger partial charge in [-0.2, -0.15) is 5.10 Å². The van der Waals surface area contributed by atoms with Crippen LogP contribution in [0.5, 0.6) is 0 Å². The Morgan fingerprint density at radius 2 is 2.05 bits per heavy atom. The predicted octanol–water partition coefficient (Wildman–Crippen LogP) is 2.93. The van der Waals surface area contributed by atoms with Crippen molar-refractivity contribution in [3.63, 3.8) is 0 Å². The van der Waals surface area contributed by atoms with Gasteiger partial charge in [-0.25, -0.2) is 9.50 Å². The number of nitrogens with zero attached hydrogens (tertiary/aromatic N) is 3. The van der Waals surface area contributed by atoms with E-state index >= 15 is 0 Å². The molecule has 0 aliphatic rings. The quantitative estimate of drug-likeness (QED) is 0.804.